The summed E-state index contributed by atoms with van der Waals surface area (Å²) in [6.45, 7) is 3.02. The summed E-state index contributed by atoms with van der Waals surface area (Å²) in [4.78, 5) is 0.432. The van der Waals surface area contributed by atoms with Crippen LogP contribution in [0.2, 0.25) is 0 Å². The molecule has 1 fully saturated rings. The van der Waals surface area contributed by atoms with Gasteiger partial charge < -0.3 is 0 Å². The van der Waals surface area contributed by atoms with E-state index in [-0.39, 0.29) is 0 Å². The maximum Gasteiger partial charge on any atom is 0.243 e. The molecule has 1 aromatic rings. The fourth-order valence-electron chi connectivity index (χ4n) is 2.20. The minimum atomic E-state index is -3.33. The molecular formula is C12H17IN2O2S. The Balaban J connectivity index is 2.26. The van der Waals surface area contributed by atoms with E-state index in [2.05, 4.69) is 26.0 Å². The Morgan fingerprint density at radius 2 is 2.06 bits per heavy atom. The molecule has 1 aromatic carbocycles. The van der Waals surface area contributed by atoms with Crippen molar-refractivity contribution < 1.29 is 8.42 Å². The van der Waals surface area contributed by atoms with Crippen LogP contribution in [-0.4, -0.2) is 42.0 Å². The first-order valence-corrected chi connectivity index (χ1v) is 8.28. The average molecular weight is 380 g/mol. The number of aryl methyl sites for hydroxylation is 1. The number of benzene rings is 1. The molecule has 0 bridgehead atoms. The van der Waals surface area contributed by atoms with Crippen molar-refractivity contribution >= 4 is 32.9 Å². The number of hydrogen-bond donors (Lipinski definition) is 0. The molecular weight excluding hydrogens is 363 g/mol. The molecule has 1 atom stereocenters. The molecule has 0 aromatic heterocycles. The Morgan fingerprint density at radius 1 is 1.39 bits per heavy atom. The van der Waals surface area contributed by atoms with Gasteiger partial charge in [-0.2, -0.15) is 4.31 Å². The summed E-state index contributed by atoms with van der Waals surface area (Å²) in [6.07, 6.45) is 0.893. The first-order chi connectivity index (χ1) is 8.43. The van der Waals surface area contributed by atoms with Gasteiger partial charge in [0.25, 0.3) is 0 Å². The van der Waals surface area contributed by atoms with E-state index in [0.29, 0.717) is 24.0 Å². The first-order valence-electron chi connectivity index (χ1n) is 5.87. The van der Waals surface area contributed by atoms with Gasteiger partial charge in [0.05, 0.1) is 4.90 Å². The molecule has 0 radical (unpaired) electrons. The normalized spacial score (nSPS) is 21.7. The molecule has 1 saturated heterocycles. The van der Waals surface area contributed by atoms with Gasteiger partial charge in [0.2, 0.25) is 10.0 Å². The minimum Gasteiger partial charge on any atom is -0.246 e. The maximum absolute atomic E-state index is 12.5. The number of sulfonamides is 1. The summed E-state index contributed by atoms with van der Waals surface area (Å²) in [5.74, 6) is 0. The largest absolute Gasteiger partial charge is 0.246 e. The molecule has 6 heteroatoms. The highest BCUT2D eigenvalue weighted by Crippen LogP contribution is 2.25. The van der Waals surface area contributed by atoms with Gasteiger partial charge in [-0.05, 0) is 32.0 Å². The molecule has 1 unspecified atom stereocenters. The van der Waals surface area contributed by atoms with Crippen molar-refractivity contribution in [1.29, 1.82) is 0 Å². The fraction of sp³-hybridized carbons (Fsp3) is 0.500. The van der Waals surface area contributed by atoms with Crippen LogP contribution in [0.4, 0.5) is 0 Å². The molecule has 0 N–H and O–H groups in total. The van der Waals surface area contributed by atoms with Crippen LogP contribution < -0.4 is 0 Å². The summed E-state index contributed by atoms with van der Waals surface area (Å²) < 4.78 is 28.7. The zero-order chi connectivity index (χ0) is 13.3. The van der Waals surface area contributed by atoms with Crippen LogP contribution in [0.15, 0.2) is 29.2 Å². The van der Waals surface area contributed by atoms with Gasteiger partial charge in [-0.1, -0.05) is 18.2 Å². The van der Waals surface area contributed by atoms with Crippen molar-refractivity contribution in [3.63, 3.8) is 0 Å². The quantitative estimate of drug-likeness (QED) is 0.595. The summed E-state index contributed by atoms with van der Waals surface area (Å²) in [5.41, 5.74) is 0.809. The van der Waals surface area contributed by atoms with Crippen LogP contribution in [0, 0.1) is 6.92 Å². The van der Waals surface area contributed by atoms with E-state index in [1.807, 2.05) is 26.1 Å². The summed E-state index contributed by atoms with van der Waals surface area (Å²) in [5, 5.41) is 0. The van der Waals surface area contributed by atoms with Gasteiger partial charge in [0, 0.05) is 42.0 Å². The first kappa shape index (κ1) is 14.2. The zero-order valence-corrected chi connectivity index (χ0v) is 13.5. The van der Waals surface area contributed by atoms with Crippen LogP contribution in [0.3, 0.4) is 0 Å². The minimum absolute atomic E-state index is 0.310. The third kappa shape index (κ3) is 2.71. The molecule has 100 valence electrons. The Kier molecular flexibility index (Phi) is 4.30. The molecule has 0 saturated carbocycles. The van der Waals surface area contributed by atoms with Crippen LogP contribution in [0.25, 0.3) is 0 Å². The molecule has 0 amide bonds. The Bertz CT molecular complexity index is 531. The molecule has 0 spiro atoms. The lowest BCUT2D eigenvalue weighted by atomic mass is 10.2. The van der Waals surface area contributed by atoms with E-state index in [1.165, 1.54) is 0 Å². The molecule has 18 heavy (non-hydrogen) atoms. The molecule has 1 heterocycles. The topological polar surface area (TPSA) is 40.6 Å². The lowest BCUT2D eigenvalue weighted by Crippen LogP contribution is -2.32. The molecule has 0 aliphatic carbocycles. The van der Waals surface area contributed by atoms with Crippen LogP contribution >= 0.6 is 22.9 Å². The Hall–Kier alpha value is -0.180. The Labute approximate surface area is 123 Å². The zero-order valence-electron chi connectivity index (χ0n) is 10.5. The molecule has 1 aliphatic heterocycles. The average Bonchev–Trinajstić information content (AvgIpc) is 2.79. The number of rotatable bonds is 3. The van der Waals surface area contributed by atoms with E-state index in [9.17, 15) is 8.42 Å². The predicted octanol–water partition coefficient (Wildman–Crippen LogP) is 2.04. The van der Waals surface area contributed by atoms with Crippen molar-refractivity contribution in [1.82, 2.24) is 7.42 Å². The van der Waals surface area contributed by atoms with Crippen molar-refractivity contribution in [3.05, 3.63) is 29.8 Å². The van der Waals surface area contributed by atoms with E-state index >= 15 is 0 Å². The van der Waals surface area contributed by atoms with Gasteiger partial charge in [0.1, 0.15) is 0 Å². The van der Waals surface area contributed by atoms with Gasteiger partial charge >= 0.3 is 0 Å². The predicted molar refractivity (Wildman–Crippen MR) is 80.1 cm³/mol. The second-order valence-corrected chi connectivity index (χ2v) is 8.02. The van der Waals surface area contributed by atoms with E-state index in [1.54, 1.807) is 16.4 Å². The van der Waals surface area contributed by atoms with E-state index in [4.69, 9.17) is 0 Å². The van der Waals surface area contributed by atoms with Gasteiger partial charge in [-0.25, -0.2) is 11.5 Å². The number of halogens is 1. The van der Waals surface area contributed by atoms with Crippen molar-refractivity contribution in [2.24, 2.45) is 0 Å². The maximum atomic E-state index is 12.5. The molecule has 4 nitrogen and oxygen atoms in total. The third-order valence-corrected chi connectivity index (χ3v) is 6.15. The summed E-state index contributed by atoms with van der Waals surface area (Å²) in [7, 11) is -1.35. The monoisotopic (exact) mass is 380 g/mol. The highest BCUT2D eigenvalue weighted by atomic mass is 127. The lowest BCUT2D eigenvalue weighted by molar-refractivity contribution is 0.424. The number of likely N-dealkylation sites (N-methyl/N-ethyl adjacent to an activating group) is 1. The lowest BCUT2D eigenvalue weighted by Gasteiger charge is -2.19. The van der Waals surface area contributed by atoms with Crippen molar-refractivity contribution in [2.45, 2.75) is 24.3 Å². The molecule has 2 rings (SSSR count). The Morgan fingerprint density at radius 3 is 2.61 bits per heavy atom. The van der Waals surface area contributed by atoms with Gasteiger partial charge in [-0.3, -0.25) is 0 Å². The van der Waals surface area contributed by atoms with E-state index < -0.39 is 10.0 Å². The summed E-state index contributed by atoms with van der Waals surface area (Å²) >= 11 is 2.22. The van der Waals surface area contributed by atoms with Gasteiger partial charge in [0.15, 0.2) is 0 Å². The standard InChI is InChI=1S/C12H17IN2O2S/c1-10-5-3-4-6-12(10)18(16,17)15-8-7-11(9-15)14(2)13/h3-6,11H,7-9H2,1-2H3. The highest BCUT2D eigenvalue weighted by molar-refractivity contribution is 14.1. The number of nitrogens with zero attached hydrogens (tertiary/aromatic N) is 2. The van der Waals surface area contributed by atoms with Crippen LogP contribution in [-0.2, 0) is 10.0 Å². The number of hydrogen-bond acceptors (Lipinski definition) is 3. The van der Waals surface area contributed by atoms with E-state index in [0.717, 1.165) is 12.0 Å². The summed E-state index contributed by atoms with van der Waals surface area (Å²) in [6, 6.07) is 7.47. The fourth-order valence-corrected chi connectivity index (χ4v) is 4.38. The highest BCUT2D eigenvalue weighted by Gasteiger charge is 2.34. The van der Waals surface area contributed by atoms with Crippen LogP contribution in [0.1, 0.15) is 12.0 Å². The second-order valence-electron chi connectivity index (χ2n) is 4.60. The third-order valence-electron chi connectivity index (χ3n) is 3.34. The second kappa shape index (κ2) is 5.44. The molecule has 1 aliphatic rings. The van der Waals surface area contributed by atoms with Crippen molar-refractivity contribution in [2.75, 3.05) is 20.1 Å². The van der Waals surface area contributed by atoms with Gasteiger partial charge in [-0.15, -0.1) is 0 Å². The SMILES string of the molecule is Cc1ccccc1S(=O)(=O)N1CCC(N(C)I)C1. The van der Waals surface area contributed by atoms with Crippen molar-refractivity contribution in [3.8, 4) is 0 Å². The van der Waals surface area contributed by atoms with Crippen LogP contribution in [0.5, 0.6) is 0 Å². The smallest absolute Gasteiger partial charge is 0.243 e.